The summed E-state index contributed by atoms with van der Waals surface area (Å²) < 4.78 is 25.8. The zero-order valence-corrected chi connectivity index (χ0v) is 12.7. The van der Waals surface area contributed by atoms with E-state index < -0.39 is 17.1 Å². The van der Waals surface area contributed by atoms with Crippen molar-refractivity contribution in [3.05, 3.63) is 15.8 Å². The molecule has 1 aliphatic rings. The monoisotopic (exact) mass is 316 g/mol. The maximum absolute atomic E-state index is 14.0. The molecule has 3 unspecified atom stereocenters. The smallest absolute Gasteiger partial charge is 0.352 e. The van der Waals surface area contributed by atoms with Gasteiger partial charge in [-0.1, -0.05) is 0 Å². The molecule has 8 nitrogen and oxygen atoms in total. The van der Waals surface area contributed by atoms with Gasteiger partial charge in [-0.25, -0.2) is 4.39 Å². The molecule has 9 heteroatoms. The average Bonchev–Trinajstić information content (AvgIpc) is 2.76. The fourth-order valence-corrected chi connectivity index (χ4v) is 2.42. The maximum atomic E-state index is 14.0. The molecule has 1 aromatic rings. The molecule has 0 spiro atoms. The normalized spacial score (nSPS) is 23.3. The van der Waals surface area contributed by atoms with Gasteiger partial charge in [0.2, 0.25) is 0 Å². The number of halogens is 1. The van der Waals surface area contributed by atoms with Crippen molar-refractivity contribution in [3.8, 4) is 5.88 Å². The molecule has 124 valence electrons. The average molecular weight is 316 g/mol. The van der Waals surface area contributed by atoms with Crippen LogP contribution in [0.5, 0.6) is 5.88 Å². The quantitative estimate of drug-likeness (QED) is 0.630. The SMILES string of the molecule is Cc1c([N+](=O)[O-])c(OCCC(C)N)nn1C1CCOCC1F. The molecule has 0 radical (unpaired) electrons. The lowest BCUT2D eigenvalue weighted by molar-refractivity contribution is -0.386. The highest BCUT2D eigenvalue weighted by molar-refractivity contribution is 5.45. The summed E-state index contributed by atoms with van der Waals surface area (Å²) in [6.07, 6.45) is -0.282. The van der Waals surface area contributed by atoms with E-state index in [1.54, 1.807) is 6.92 Å². The topological polar surface area (TPSA) is 105 Å². The molecule has 3 atom stereocenters. The molecule has 0 aliphatic carbocycles. The van der Waals surface area contributed by atoms with Crippen LogP contribution in [0, 0.1) is 17.0 Å². The molecule has 1 aromatic heterocycles. The summed E-state index contributed by atoms with van der Waals surface area (Å²) in [5.41, 5.74) is 5.69. The van der Waals surface area contributed by atoms with Gasteiger partial charge in [0.15, 0.2) is 0 Å². The maximum Gasteiger partial charge on any atom is 0.352 e. The number of alkyl halides is 1. The number of ether oxygens (including phenoxy) is 2. The Bertz CT molecular complexity index is 534. The van der Waals surface area contributed by atoms with Gasteiger partial charge in [-0.3, -0.25) is 14.8 Å². The molecule has 0 aromatic carbocycles. The van der Waals surface area contributed by atoms with Crippen molar-refractivity contribution >= 4 is 5.69 Å². The van der Waals surface area contributed by atoms with Gasteiger partial charge in [0.1, 0.15) is 11.9 Å². The second-order valence-corrected chi connectivity index (χ2v) is 5.50. The number of hydrogen-bond donors (Lipinski definition) is 1. The van der Waals surface area contributed by atoms with Gasteiger partial charge in [-0.2, -0.15) is 0 Å². The van der Waals surface area contributed by atoms with Crippen molar-refractivity contribution < 1.29 is 18.8 Å². The highest BCUT2D eigenvalue weighted by atomic mass is 19.1. The van der Waals surface area contributed by atoms with Crippen molar-refractivity contribution in [1.82, 2.24) is 9.78 Å². The Kier molecular flexibility index (Phi) is 5.30. The first kappa shape index (κ1) is 16.6. The minimum absolute atomic E-state index is 0.0291. The molecule has 22 heavy (non-hydrogen) atoms. The van der Waals surface area contributed by atoms with Gasteiger partial charge in [-0.05, 0) is 26.7 Å². The Morgan fingerprint density at radius 1 is 1.68 bits per heavy atom. The van der Waals surface area contributed by atoms with Crippen molar-refractivity contribution in [2.75, 3.05) is 19.8 Å². The van der Waals surface area contributed by atoms with E-state index in [4.69, 9.17) is 15.2 Å². The predicted molar refractivity (Wildman–Crippen MR) is 76.7 cm³/mol. The largest absolute Gasteiger partial charge is 0.472 e. The fraction of sp³-hybridized carbons (Fsp3) is 0.769. The van der Waals surface area contributed by atoms with Gasteiger partial charge in [0, 0.05) is 12.6 Å². The van der Waals surface area contributed by atoms with Crippen LogP contribution in [0.3, 0.4) is 0 Å². The van der Waals surface area contributed by atoms with Crippen LogP contribution in [-0.4, -0.2) is 46.7 Å². The molecule has 2 N–H and O–H groups in total. The second-order valence-electron chi connectivity index (χ2n) is 5.50. The van der Waals surface area contributed by atoms with Gasteiger partial charge in [0.05, 0.1) is 24.2 Å². The van der Waals surface area contributed by atoms with Crippen LogP contribution in [-0.2, 0) is 4.74 Å². The molecule has 2 heterocycles. The lowest BCUT2D eigenvalue weighted by Gasteiger charge is -2.26. The second kappa shape index (κ2) is 7.01. The van der Waals surface area contributed by atoms with E-state index in [9.17, 15) is 14.5 Å². The Balaban J connectivity index is 2.25. The van der Waals surface area contributed by atoms with Crippen LogP contribution in [0.15, 0.2) is 0 Å². The van der Waals surface area contributed by atoms with Crippen molar-refractivity contribution in [3.63, 3.8) is 0 Å². The van der Waals surface area contributed by atoms with E-state index >= 15 is 0 Å². The fourth-order valence-electron chi connectivity index (χ4n) is 2.42. The van der Waals surface area contributed by atoms with E-state index in [0.29, 0.717) is 19.4 Å². The molecule has 1 saturated heterocycles. The predicted octanol–water partition coefficient (Wildman–Crippen LogP) is 1.52. The molecular formula is C13H21FN4O4. The van der Waals surface area contributed by atoms with E-state index in [-0.39, 0.29) is 36.5 Å². The highest BCUT2D eigenvalue weighted by Gasteiger charge is 2.34. The summed E-state index contributed by atoms with van der Waals surface area (Å²) in [5, 5.41) is 15.4. The zero-order chi connectivity index (χ0) is 16.3. The summed E-state index contributed by atoms with van der Waals surface area (Å²) in [7, 11) is 0. The lowest BCUT2D eigenvalue weighted by Crippen LogP contribution is -2.32. The minimum Gasteiger partial charge on any atom is -0.472 e. The molecule has 0 amide bonds. The van der Waals surface area contributed by atoms with Crippen LogP contribution >= 0.6 is 0 Å². The Morgan fingerprint density at radius 3 is 3.00 bits per heavy atom. The molecule has 1 aliphatic heterocycles. The third-order valence-electron chi connectivity index (χ3n) is 3.65. The number of rotatable bonds is 6. The number of nitrogens with two attached hydrogens (primary N) is 1. The highest BCUT2D eigenvalue weighted by Crippen LogP contribution is 2.34. The van der Waals surface area contributed by atoms with Crippen LogP contribution < -0.4 is 10.5 Å². The summed E-state index contributed by atoms with van der Waals surface area (Å²) in [6, 6.07) is -0.647. The summed E-state index contributed by atoms with van der Waals surface area (Å²) in [4.78, 5) is 10.7. The first-order chi connectivity index (χ1) is 10.4. The molecular weight excluding hydrogens is 295 g/mol. The van der Waals surface area contributed by atoms with Gasteiger partial charge in [-0.15, -0.1) is 5.10 Å². The number of hydrogen-bond acceptors (Lipinski definition) is 6. The van der Waals surface area contributed by atoms with Crippen molar-refractivity contribution in [1.29, 1.82) is 0 Å². The van der Waals surface area contributed by atoms with Crippen LogP contribution in [0.1, 0.15) is 31.5 Å². The lowest BCUT2D eigenvalue weighted by atomic mass is 10.1. The van der Waals surface area contributed by atoms with Crippen molar-refractivity contribution in [2.45, 2.75) is 44.9 Å². The van der Waals surface area contributed by atoms with Crippen molar-refractivity contribution in [2.24, 2.45) is 5.73 Å². The summed E-state index contributed by atoms with van der Waals surface area (Å²) >= 11 is 0. The molecule has 0 bridgehead atoms. The Morgan fingerprint density at radius 2 is 2.41 bits per heavy atom. The van der Waals surface area contributed by atoms with Gasteiger partial charge >= 0.3 is 11.6 Å². The third-order valence-corrected chi connectivity index (χ3v) is 3.65. The number of nitrogens with zero attached hydrogens (tertiary/aromatic N) is 3. The van der Waals surface area contributed by atoms with Crippen LogP contribution in [0.4, 0.5) is 10.1 Å². The first-order valence-electron chi connectivity index (χ1n) is 7.25. The van der Waals surface area contributed by atoms with E-state index in [0.717, 1.165) is 0 Å². The third kappa shape index (κ3) is 3.53. The number of nitro groups is 1. The molecule has 0 saturated carbocycles. The first-order valence-corrected chi connectivity index (χ1v) is 7.25. The van der Waals surface area contributed by atoms with Gasteiger partial charge in [0.25, 0.3) is 0 Å². The zero-order valence-electron chi connectivity index (χ0n) is 12.7. The molecule has 2 rings (SSSR count). The van der Waals surface area contributed by atoms with E-state index in [2.05, 4.69) is 5.10 Å². The summed E-state index contributed by atoms with van der Waals surface area (Å²) in [5.74, 6) is -0.0816. The standard InChI is InChI=1S/C13H21FN4O4/c1-8(15)3-6-22-13-12(18(19)20)9(2)17(16-13)11-4-5-21-7-10(11)14/h8,10-11H,3-7,15H2,1-2H3. The van der Waals surface area contributed by atoms with E-state index in [1.165, 1.54) is 4.68 Å². The molecule has 1 fully saturated rings. The van der Waals surface area contributed by atoms with Gasteiger partial charge < -0.3 is 15.2 Å². The van der Waals surface area contributed by atoms with Crippen LogP contribution in [0.2, 0.25) is 0 Å². The summed E-state index contributed by atoms with van der Waals surface area (Å²) in [6.45, 7) is 3.96. The Hall–Kier alpha value is -1.74. The Labute approximate surface area is 127 Å². The number of aromatic nitrogens is 2. The van der Waals surface area contributed by atoms with Crippen LogP contribution in [0.25, 0.3) is 0 Å². The minimum atomic E-state index is -1.25. The van der Waals surface area contributed by atoms with E-state index in [1.807, 2.05) is 6.92 Å².